The Kier molecular flexibility index (Phi) is 9.01. The summed E-state index contributed by atoms with van der Waals surface area (Å²) in [5, 5.41) is 11.5. The molecule has 0 amide bonds. The summed E-state index contributed by atoms with van der Waals surface area (Å²) in [5.74, 6) is 4.32. The van der Waals surface area contributed by atoms with Crippen LogP contribution in [0.15, 0.2) is 23.2 Å². The number of aromatic nitrogens is 3. The van der Waals surface area contributed by atoms with Crippen molar-refractivity contribution in [1.29, 1.82) is 0 Å². The van der Waals surface area contributed by atoms with E-state index in [1.165, 1.54) is 12.8 Å². The quantitative estimate of drug-likeness (QED) is 0.309. The summed E-state index contributed by atoms with van der Waals surface area (Å²) in [7, 11) is 1.69. The van der Waals surface area contributed by atoms with Gasteiger partial charge in [0.2, 0.25) is 0 Å². The smallest absolute Gasteiger partial charge is 0.191 e. The molecule has 176 valence electrons. The zero-order valence-electron chi connectivity index (χ0n) is 19.3. The SMILES string of the molecule is CCNC(=NCc1cccc(OC)c1OC1CCCC1)NC1CCc2nc(C)nn2C1.I. The van der Waals surface area contributed by atoms with Gasteiger partial charge in [0.15, 0.2) is 17.5 Å². The number of para-hydroxylation sites is 1. The number of ether oxygens (including phenoxy) is 2. The summed E-state index contributed by atoms with van der Waals surface area (Å²) in [5.41, 5.74) is 1.04. The Morgan fingerprint density at radius 3 is 2.81 bits per heavy atom. The standard InChI is InChI=1S/C23H34N6O2.HI/c1-4-24-23(27-18-12-13-21-26-16(2)28-29(21)15-18)25-14-17-8-7-11-20(30-3)22(17)31-19-9-5-6-10-19;/h7-8,11,18-19H,4-6,9-10,12-15H2,1-3H3,(H2,24,25,27);1H. The molecule has 8 nitrogen and oxygen atoms in total. The fraction of sp³-hybridized carbons (Fsp3) is 0.609. The van der Waals surface area contributed by atoms with Gasteiger partial charge in [-0.15, -0.1) is 24.0 Å². The third-order valence-electron chi connectivity index (χ3n) is 5.92. The maximum absolute atomic E-state index is 6.36. The van der Waals surface area contributed by atoms with Crippen molar-refractivity contribution >= 4 is 29.9 Å². The van der Waals surface area contributed by atoms with Gasteiger partial charge in [0, 0.05) is 24.6 Å². The number of halogens is 1. The second kappa shape index (κ2) is 11.7. The molecule has 1 saturated carbocycles. The molecule has 2 aromatic rings. The predicted octanol–water partition coefficient (Wildman–Crippen LogP) is 3.60. The van der Waals surface area contributed by atoms with E-state index in [1.54, 1.807) is 7.11 Å². The highest BCUT2D eigenvalue weighted by atomic mass is 127. The number of rotatable bonds is 7. The van der Waals surface area contributed by atoms with Gasteiger partial charge < -0.3 is 20.1 Å². The number of aryl methyl sites for hydroxylation is 2. The molecular formula is C23H35IN6O2. The molecule has 2 heterocycles. The van der Waals surface area contributed by atoms with Crippen LogP contribution in [-0.4, -0.2) is 46.5 Å². The summed E-state index contributed by atoms with van der Waals surface area (Å²) in [6.07, 6.45) is 6.89. The van der Waals surface area contributed by atoms with E-state index in [0.717, 1.165) is 73.4 Å². The van der Waals surface area contributed by atoms with Crippen LogP contribution < -0.4 is 20.1 Å². The van der Waals surface area contributed by atoms with Crippen LogP contribution >= 0.6 is 24.0 Å². The minimum Gasteiger partial charge on any atom is -0.493 e. The van der Waals surface area contributed by atoms with Crippen LogP contribution in [0.3, 0.4) is 0 Å². The fourth-order valence-electron chi connectivity index (χ4n) is 4.38. The number of nitrogens with zero attached hydrogens (tertiary/aromatic N) is 4. The van der Waals surface area contributed by atoms with E-state index < -0.39 is 0 Å². The van der Waals surface area contributed by atoms with E-state index in [9.17, 15) is 0 Å². The van der Waals surface area contributed by atoms with Gasteiger partial charge in [-0.2, -0.15) is 5.10 Å². The van der Waals surface area contributed by atoms with Gasteiger partial charge in [0.05, 0.1) is 26.3 Å². The lowest BCUT2D eigenvalue weighted by Gasteiger charge is -2.25. The van der Waals surface area contributed by atoms with Crippen molar-refractivity contribution < 1.29 is 9.47 Å². The number of methoxy groups -OCH3 is 1. The van der Waals surface area contributed by atoms with Crippen molar-refractivity contribution in [2.24, 2.45) is 4.99 Å². The van der Waals surface area contributed by atoms with E-state index in [2.05, 4.69) is 33.7 Å². The molecule has 32 heavy (non-hydrogen) atoms. The number of hydrogen-bond acceptors (Lipinski definition) is 5. The third-order valence-corrected chi connectivity index (χ3v) is 5.92. The number of hydrogen-bond donors (Lipinski definition) is 2. The highest BCUT2D eigenvalue weighted by molar-refractivity contribution is 14.0. The molecule has 1 atom stereocenters. The Morgan fingerprint density at radius 1 is 1.25 bits per heavy atom. The first kappa shape index (κ1) is 24.6. The van der Waals surface area contributed by atoms with Gasteiger partial charge in [-0.05, 0) is 52.0 Å². The molecule has 1 fully saturated rings. The second-order valence-corrected chi connectivity index (χ2v) is 8.31. The number of benzene rings is 1. The zero-order valence-corrected chi connectivity index (χ0v) is 21.6. The van der Waals surface area contributed by atoms with Crippen molar-refractivity contribution in [3.8, 4) is 11.5 Å². The minimum absolute atomic E-state index is 0. The molecule has 1 aromatic heterocycles. The fourth-order valence-corrected chi connectivity index (χ4v) is 4.38. The molecule has 2 aliphatic rings. The van der Waals surface area contributed by atoms with E-state index in [-0.39, 0.29) is 36.1 Å². The molecule has 1 aliphatic heterocycles. The van der Waals surface area contributed by atoms with Crippen LogP contribution in [0.4, 0.5) is 0 Å². The first-order valence-electron chi connectivity index (χ1n) is 11.4. The van der Waals surface area contributed by atoms with Crippen molar-refractivity contribution in [3.63, 3.8) is 0 Å². The third kappa shape index (κ3) is 6.05. The summed E-state index contributed by atoms with van der Waals surface area (Å²) in [6.45, 7) is 6.15. The van der Waals surface area contributed by atoms with E-state index in [0.29, 0.717) is 6.54 Å². The average molecular weight is 554 g/mol. The Hall–Kier alpha value is -2.04. The van der Waals surface area contributed by atoms with E-state index >= 15 is 0 Å². The van der Waals surface area contributed by atoms with E-state index in [1.807, 2.05) is 23.7 Å². The van der Waals surface area contributed by atoms with Crippen LogP contribution in [0, 0.1) is 6.92 Å². The van der Waals surface area contributed by atoms with Crippen molar-refractivity contribution in [2.75, 3.05) is 13.7 Å². The van der Waals surface area contributed by atoms with Crippen molar-refractivity contribution in [3.05, 3.63) is 35.4 Å². The molecule has 1 unspecified atom stereocenters. The largest absolute Gasteiger partial charge is 0.493 e. The highest BCUT2D eigenvalue weighted by Gasteiger charge is 2.23. The molecule has 0 radical (unpaired) electrons. The second-order valence-electron chi connectivity index (χ2n) is 8.31. The van der Waals surface area contributed by atoms with E-state index in [4.69, 9.17) is 14.5 Å². The summed E-state index contributed by atoms with van der Waals surface area (Å²) in [4.78, 5) is 9.36. The summed E-state index contributed by atoms with van der Waals surface area (Å²) < 4.78 is 14.0. The molecule has 0 spiro atoms. The monoisotopic (exact) mass is 554 g/mol. The molecule has 4 rings (SSSR count). The van der Waals surface area contributed by atoms with Gasteiger partial charge >= 0.3 is 0 Å². The summed E-state index contributed by atoms with van der Waals surface area (Å²) in [6, 6.07) is 6.30. The van der Waals surface area contributed by atoms with Gasteiger partial charge in [0.1, 0.15) is 11.6 Å². The summed E-state index contributed by atoms with van der Waals surface area (Å²) >= 11 is 0. The van der Waals surface area contributed by atoms with Crippen LogP contribution in [0.2, 0.25) is 0 Å². The van der Waals surface area contributed by atoms with Crippen LogP contribution in [0.25, 0.3) is 0 Å². The predicted molar refractivity (Wildman–Crippen MR) is 136 cm³/mol. The molecule has 9 heteroatoms. The first-order valence-corrected chi connectivity index (χ1v) is 11.4. The van der Waals surface area contributed by atoms with Crippen LogP contribution in [0.1, 0.15) is 56.2 Å². The molecule has 1 aromatic carbocycles. The number of guanidine groups is 1. The van der Waals surface area contributed by atoms with Gasteiger partial charge in [-0.1, -0.05) is 12.1 Å². The zero-order chi connectivity index (χ0) is 21.6. The Morgan fingerprint density at radius 2 is 2.06 bits per heavy atom. The van der Waals surface area contributed by atoms with Gasteiger partial charge in [0.25, 0.3) is 0 Å². The number of fused-ring (bicyclic) bond motifs is 1. The highest BCUT2D eigenvalue weighted by Crippen LogP contribution is 2.35. The molecular weight excluding hydrogens is 519 g/mol. The van der Waals surface area contributed by atoms with Crippen molar-refractivity contribution in [1.82, 2.24) is 25.4 Å². The number of nitrogens with one attached hydrogen (secondary N) is 2. The first-order chi connectivity index (χ1) is 15.2. The molecule has 0 saturated heterocycles. The number of aliphatic imine (C=N–C) groups is 1. The van der Waals surface area contributed by atoms with Gasteiger partial charge in [-0.3, -0.25) is 0 Å². The normalized spacial score (nSPS) is 18.6. The van der Waals surface area contributed by atoms with Gasteiger partial charge in [-0.25, -0.2) is 14.7 Å². The van der Waals surface area contributed by atoms with Crippen LogP contribution in [-0.2, 0) is 19.5 Å². The Bertz CT molecular complexity index is 910. The Labute approximate surface area is 207 Å². The molecule has 0 bridgehead atoms. The lowest BCUT2D eigenvalue weighted by atomic mass is 10.1. The maximum atomic E-state index is 6.36. The molecule has 1 aliphatic carbocycles. The lowest BCUT2D eigenvalue weighted by Crippen LogP contribution is -2.47. The average Bonchev–Trinajstić information content (AvgIpc) is 3.41. The lowest BCUT2D eigenvalue weighted by molar-refractivity contribution is 0.198. The van der Waals surface area contributed by atoms with Crippen LogP contribution in [0.5, 0.6) is 11.5 Å². The topological polar surface area (TPSA) is 85.6 Å². The van der Waals surface area contributed by atoms with Crippen molar-refractivity contribution in [2.45, 2.75) is 77.6 Å². The maximum Gasteiger partial charge on any atom is 0.191 e. The Balaban J connectivity index is 0.00000289. The minimum atomic E-state index is 0. The molecule has 2 N–H and O–H groups in total.